The van der Waals surface area contributed by atoms with Crippen molar-refractivity contribution in [2.24, 2.45) is 0 Å². The van der Waals surface area contributed by atoms with E-state index in [0.717, 1.165) is 11.0 Å². The minimum Gasteiger partial charge on any atom is -0.427 e. The normalized spacial score (nSPS) is 16.4. The van der Waals surface area contributed by atoms with Gasteiger partial charge in [-0.3, -0.25) is 29.3 Å². The van der Waals surface area contributed by atoms with Gasteiger partial charge in [0, 0.05) is 24.6 Å². The molecule has 1 saturated heterocycles. The van der Waals surface area contributed by atoms with Gasteiger partial charge in [0.05, 0.1) is 17.0 Å². The maximum absolute atomic E-state index is 13.4. The van der Waals surface area contributed by atoms with E-state index in [4.69, 9.17) is 16.3 Å². The van der Waals surface area contributed by atoms with Gasteiger partial charge in [-0.15, -0.1) is 0 Å². The second-order valence-corrected chi connectivity index (χ2v) is 8.18. The van der Waals surface area contributed by atoms with Crippen LogP contribution in [0.3, 0.4) is 0 Å². The number of esters is 1. The quantitative estimate of drug-likeness (QED) is 0.191. The van der Waals surface area contributed by atoms with E-state index >= 15 is 0 Å². The topological polar surface area (TPSA) is 127 Å². The van der Waals surface area contributed by atoms with Crippen molar-refractivity contribution in [1.82, 2.24) is 4.90 Å². The maximum atomic E-state index is 13.4. The van der Waals surface area contributed by atoms with E-state index < -0.39 is 46.4 Å². The van der Waals surface area contributed by atoms with Gasteiger partial charge in [-0.1, -0.05) is 18.5 Å². The highest BCUT2D eigenvalue weighted by atomic mass is 35.5. The molecule has 1 heterocycles. The second kappa shape index (κ2) is 10.0. The molecule has 0 bridgehead atoms. The van der Waals surface area contributed by atoms with Crippen LogP contribution < -0.4 is 9.64 Å². The number of hydrogen-bond acceptors (Lipinski definition) is 7. The molecule has 1 fully saturated rings. The van der Waals surface area contributed by atoms with E-state index in [0.29, 0.717) is 6.42 Å². The van der Waals surface area contributed by atoms with Crippen molar-refractivity contribution in [1.29, 1.82) is 0 Å². The van der Waals surface area contributed by atoms with Gasteiger partial charge in [-0.25, -0.2) is 4.90 Å². The minimum absolute atomic E-state index is 0.0131. The Labute approximate surface area is 200 Å². The van der Waals surface area contributed by atoms with E-state index in [-0.39, 0.29) is 28.4 Å². The fourth-order valence-corrected chi connectivity index (χ4v) is 3.90. The first kappa shape index (κ1) is 24.8. The molecule has 1 aliphatic rings. The van der Waals surface area contributed by atoms with E-state index in [1.807, 2.05) is 6.92 Å². The highest BCUT2D eigenvalue weighted by Gasteiger charge is 2.45. The molecule has 2 atom stereocenters. The smallest absolute Gasteiger partial charge is 0.308 e. The van der Waals surface area contributed by atoms with Crippen LogP contribution in [-0.4, -0.2) is 45.6 Å². The van der Waals surface area contributed by atoms with Crippen molar-refractivity contribution in [2.75, 3.05) is 4.90 Å². The van der Waals surface area contributed by atoms with Crippen LogP contribution in [0.2, 0.25) is 5.02 Å². The van der Waals surface area contributed by atoms with Gasteiger partial charge in [0.25, 0.3) is 17.5 Å². The predicted octanol–water partition coefficient (Wildman–Crippen LogP) is 3.75. The van der Waals surface area contributed by atoms with E-state index in [1.165, 1.54) is 48.2 Å². The molecule has 3 rings (SSSR count). The lowest BCUT2D eigenvalue weighted by atomic mass is 10.1. The fraction of sp³-hybridized carbons (Fsp3) is 0.304. The van der Waals surface area contributed by atoms with Crippen LogP contribution in [0.5, 0.6) is 5.75 Å². The first-order valence-corrected chi connectivity index (χ1v) is 10.8. The molecule has 0 saturated carbocycles. The molecule has 10 nitrogen and oxygen atoms in total. The minimum atomic E-state index is -1.09. The summed E-state index contributed by atoms with van der Waals surface area (Å²) in [6.45, 7) is 4.81. The zero-order chi connectivity index (χ0) is 25.2. The molecular weight excluding hydrogens is 466 g/mol. The molecule has 0 aliphatic carbocycles. The lowest BCUT2D eigenvalue weighted by Crippen LogP contribution is -2.49. The number of nitro benzene ring substituents is 1. The Kier molecular flexibility index (Phi) is 7.31. The number of amides is 3. The molecule has 2 aromatic carbocycles. The van der Waals surface area contributed by atoms with E-state index in [1.54, 1.807) is 6.92 Å². The Morgan fingerprint density at radius 1 is 1.24 bits per heavy atom. The van der Waals surface area contributed by atoms with E-state index in [2.05, 4.69) is 0 Å². The van der Waals surface area contributed by atoms with Crippen LogP contribution in [0.25, 0.3) is 0 Å². The third kappa shape index (κ3) is 4.91. The zero-order valence-electron chi connectivity index (χ0n) is 18.7. The number of nitrogens with zero attached hydrogens (tertiary/aromatic N) is 3. The molecule has 11 heteroatoms. The van der Waals surface area contributed by atoms with Crippen molar-refractivity contribution in [3.63, 3.8) is 0 Å². The van der Waals surface area contributed by atoms with Crippen LogP contribution in [0.15, 0.2) is 42.5 Å². The van der Waals surface area contributed by atoms with Crippen molar-refractivity contribution >= 4 is 46.7 Å². The Morgan fingerprint density at radius 3 is 2.44 bits per heavy atom. The van der Waals surface area contributed by atoms with Gasteiger partial charge in [-0.05, 0) is 49.7 Å². The highest BCUT2D eigenvalue weighted by molar-refractivity contribution is 6.32. The molecule has 0 radical (unpaired) electrons. The third-order valence-electron chi connectivity index (χ3n) is 5.51. The monoisotopic (exact) mass is 487 g/mol. The number of anilines is 1. The highest BCUT2D eigenvalue weighted by Crippen LogP contribution is 2.31. The largest absolute Gasteiger partial charge is 0.427 e. The molecule has 0 aromatic heterocycles. The molecule has 2 unspecified atom stereocenters. The van der Waals surface area contributed by atoms with Crippen LogP contribution in [-0.2, 0) is 14.4 Å². The summed E-state index contributed by atoms with van der Waals surface area (Å²) in [5.74, 6) is -1.97. The molecule has 2 aromatic rings. The number of carbonyl (C=O) groups is 4. The lowest BCUT2D eigenvalue weighted by molar-refractivity contribution is -0.384. The number of imide groups is 1. The SMILES string of the molecule is CCC(C)N(C(=O)c1ccc(Cl)c([N+](=O)[O-])c1)C1CC(=O)N(c2ccc(OC(C)=O)cc2)C1=O. The van der Waals surface area contributed by atoms with Crippen molar-refractivity contribution in [2.45, 2.75) is 45.7 Å². The average molecular weight is 488 g/mol. The number of nitro groups is 1. The van der Waals surface area contributed by atoms with Crippen molar-refractivity contribution in [3.8, 4) is 5.75 Å². The summed E-state index contributed by atoms with van der Waals surface area (Å²) in [5.41, 5.74) is -0.173. The van der Waals surface area contributed by atoms with Gasteiger partial charge >= 0.3 is 5.97 Å². The first-order valence-electron chi connectivity index (χ1n) is 10.5. The van der Waals surface area contributed by atoms with Gasteiger partial charge in [-0.2, -0.15) is 0 Å². The predicted molar refractivity (Wildman–Crippen MR) is 123 cm³/mol. The average Bonchev–Trinajstić information content (AvgIpc) is 3.07. The summed E-state index contributed by atoms with van der Waals surface area (Å²) >= 11 is 5.86. The second-order valence-electron chi connectivity index (χ2n) is 7.77. The molecule has 0 N–H and O–H groups in total. The summed E-state index contributed by atoms with van der Waals surface area (Å²) in [6, 6.07) is 7.98. The van der Waals surface area contributed by atoms with Crippen LogP contribution in [0.4, 0.5) is 11.4 Å². The summed E-state index contributed by atoms with van der Waals surface area (Å²) in [5, 5.41) is 11.1. The standard InChI is InChI=1S/C23H22ClN3O7/c1-4-13(2)25(22(30)15-5-10-18(24)19(11-15)27(32)33)20-12-21(29)26(23(20)31)16-6-8-17(9-7-16)34-14(3)28/h5-11,13,20H,4,12H2,1-3H3. The van der Waals surface area contributed by atoms with Crippen LogP contribution in [0, 0.1) is 10.1 Å². The third-order valence-corrected chi connectivity index (χ3v) is 5.82. The van der Waals surface area contributed by atoms with Crippen LogP contribution in [0.1, 0.15) is 44.0 Å². The number of hydrogen-bond donors (Lipinski definition) is 0. The Bertz CT molecular complexity index is 1170. The van der Waals surface area contributed by atoms with Gasteiger partial charge < -0.3 is 9.64 Å². The Hall–Kier alpha value is -3.79. The number of carbonyl (C=O) groups excluding carboxylic acids is 4. The molecule has 3 amide bonds. The summed E-state index contributed by atoms with van der Waals surface area (Å²) in [6.07, 6.45) is 0.243. The molecule has 0 spiro atoms. The van der Waals surface area contributed by atoms with Crippen molar-refractivity contribution in [3.05, 3.63) is 63.2 Å². The number of rotatable bonds is 7. The van der Waals surface area contributed by atoms with Gasteiger partial charge in [0.1, 0.15) is 16.8 Å². The number of halogens is 1. The number of ether oxygens (including phenoxy) is 1. The molecule has 1 aliphatic heterocycles. The molecule has 178 valence electrons. The van der Waals surface area contributed by atoms with Crippen molar-refractivity contribution < 1.29 is 28.8 Å². The zero-order valence-corrected chi connectivity index (χ0v) is 19.4. The summed E-state index contributed by atoms with van der Waals surface area (Å²) < 4.78 is 4.97. The Morgan fingerprint density at radius 2 is 1.88 bits per heavy atom. The lowest BCUT2D eigenvalue weighted by Gasteiger charge is -2.33. The molecule has 34 heavy (non-hydrogen) atoms. The fourth-order valence-electron chi connectivity index (χ4n) is 3.71. The number of benzene rings is 2. The summed E-state index contributed by atoms with van der Waals surface area (Å²) in [7, 11) is 0. The van der Waals surface area contributed by atoms with Crippen LogP contribution >= 0.6 is 11.6 Å². The van der Waals surface area contributed by atoms with E-state index in [9.17, 15) is 29.3 Å². The van der Waals surface area contributed by atoms with Gasteiger partial charge in [0.15, 0.2) is 0 Å². The maximum Gasteiger partial charge on any atom is 0.308 e. The Balaban J connectivity index is 1.93. The van der Waals surface area contributed by atoms with Gasteiger partial charge in [0.2, 0.25) is 5.91 Å². The first-order chi connectivity index (χ1) is 16.0. The molecular formula is C23H22ClN3O7. The summed E-state index contributed by atoms with van der Waals surface area (Å²) in [4.78, 5) is 63.4.